The largest absolute Gasteiger partial charge is 0.481 e. The van der Waals surface area contributed by atoms with Crippen molar-refractivity contribution in [2.24, 2.45) is 0 Å². The zero-order chi connectivity index (χ0) is 12.0. The minimum Gasteiger partial charge on any atom is -0.481 e. The van der Waals surface area contributed by atoms with Gasteiger partial charge in [-0.2, -0.15) is 0 Å². The highest BCUT2D eigenvalue weighted by atomic mass is 32.2. The van der Waals surface area contributed by atoms with Crippen molar-refractivity contribution in [2.45, 2.75) is 18.9 Å². The fraction of sp³-hybridized carbons (Fsp3) is 0.667. The molecule has 0 atom stereocenters. The quantitative estimate of drug-likeness (QED) is 0.546. The molecule has 0 aromatic heterocycles. The van der Waals surface area contributed by atoms with Crippen LogP contribution in [0, 0.1) is 0 Å². The zero-order valence-corrected chi connectivity index (χ0v) is 9.51. The molecule has 0 saturated heterocycles. The van der Waals surface area contributed by atoms with Crippen LogP contribution >= 0.6 is 11.8 Å². The molecule has 1 rings (SSSR count). The Bertz CT molecular complexity index is 291. The van der Waals surface area contributed by atoms with Crippen molar-refractivity contribution in [2.75, 3.05) is 18.1 Å². The normalized spacial score (nSPS) is 14.2. The summed E-state index contributed by atoms with van der Waals surface area (Å²) in [7, 11) is 0. The van der Waals surface area contributed by atoms with Gasteiger partial charge in [-0.05, 0) is 12.8 Å². The molecule has 6 nitrogen and oxygen atoms in total. The Hall–Kier alpha value is -1.24. The first-order chi connectivity index (χ1) is 7.58. The maximum Gasteiger partial charge on any atom is 0.313 e. The number of carboxylic acids is 1. The zero-order valence-electron chi connectivity index (χ0n) is 8.69. The molecule has 16 heavy (non-hydrogen) atoms. The minimum absolute atomic E-state index is 0.0387. The second kappa shape index (κ2) is 6.37. The van der Waals surface area contributed by atoms with Gasteiger partial charge in [-0.3, -0.25) is 14.4 Å². The van der Waals surface area contributed by atoms with Crippen LogP contribution in [0.1, 0.15) is 12.8 Å². The van der Waals surface area contributed by atoms with Crippen LogP contribution in [0.4, 0.5) is 0 Å². The molecule has 0 aromatic carbocycles. The van der Waals surface area contributed by atoms with E-state index in [1.54, 1.807) is 0 Å². The lowest BCUT2D eigenvalue weighted by Crippen LogP contribution is -2.38. The highest BCUT2D eigenvalue weighted by molar-refractivity contribution is 8.00. The van der Waals surface area contributed by atoms with E-state index in [1.807, 2.05) is 0 Å². The first-order valence-electron chi connectivity index (χ1n) is 4.93. The van der Waals surface area contributed by atoms with Crippen molar-refractivity contribution in [1.29, 1.82) is 0 Å². The molecule has 90 valence electrons. The van der Waals surface area contributed by atoms with Gasteiger partial charge in [0.1, 0.15) is 0 Å². The number of nitrogens with one attached hydrogen (secondary N) is 2. The number of rotatable bonds is 7. The van der Waals surface area contributed by atoms with Crippen molar-refractivity contribution in [3.63, 3.8) is 0 Å². The molecule has 3 N–H and O–H groups in total. The lowest BCUT2D eigenvalue weighted by molar-refractivity contribution is -0.133. The maximum atomic E-state index is 11.2. The van der Waals surface area contributed by atoms with Crippen LogP contribution in [-0.4, -0.2) is 47.0 Å². The summed E-state index contributed by atoms with van der Waals surface area (Å²) in [4.78, 5) is 32.4. The van der Waals surface area contributed by atoms with E-state index in [0.29, 0.717) is 0 Å². The standard InChI is InChI=1S/C9H14N2O4S/c12-7(11-6-1-2-6)3-10-8(13)4-16-5-9(14)15/h6H,1-5H2,(H,10,13)(H,11,12)(H,14,15). The summed E-state index contributed by atoms with van der Waals surface area (Å²) in [6, 6.07) is 0.283. The highest BCUT2D eigenvalue weighted by Crippen LogP contribution is 2.18. The summed E-state index contributed by atoms with van der Waals surface area (Å²) in [5.41, 5.74) is 0. The van der Waals surface area contributed by atoms with Gasteiger partial charge in [0.15, 0.2) is 0 Å². The number of hydrogen-bond acceptors (Lipinski definition) is 4. The van der Waals surface area contributed by atoms with Crippen LogP contribution in [0.25, 0.3) is 0 Å². The molecule has 0 unspecified atom stereocenters. The average Bonchev–Trinajstić information content (AvgIpc) is 2.98. The summed E-state index contributed by atoms with van der Waals surface area (Å²) in [5.74, 6) is -1.52. The van der Waals surface area contributed by atoms with Crippen molar-refractivity contribution in [3.8, 4) is 0 Å². The smallest absolute Gasteiger partial charge is 0.313 e. The van der Waals surface area contributed by atoms with Crippen molar-refractivity contribution >= 4 is 29.5 Å². The lowest BCUT2D eigenvalue weighted by Gasteiger charge is -2.05. The van der Waals surface area contributed by atoms with Crippen LogP contribution in [0.3, 0.4) is 0 Å². The highest BCUT2D eigenvalue weighted by Gasteiger charge is 2.23. The van der Waals surface area contributed by atoms with Gasteiger partial charge in [0.05, 0.1) is 18.1 Å². The molecule has 7 heteroatoms. The summed E-state index contributed by atoms with van der Waals surface area (Å²) in [5, 5.41) is 13.5. The van der Waals surface area contributed by atoms with Crippen LogP contribution < -0.4 is 10.6 Å². The number of thioether (sulfide) groups is 1. The van der Waals surface area contributed by atoms with Gasteiger partial charge in [0.2, 0.25) is 11.8 Å². The Morgan fingerprint density at radius 3 is 2.44 bits per heavy atom. The second-order valence-corrected chi connectivity index (χ2v) is 4.49. The number of carbonyl (C=O) groups is 3. The van der Waals surface area contributed by atoms with E-state index in [0.717, 1.165) is 24.6 Å². The number of carboxylic acid groups (broad SMARTS) is 1. The number of carbonyl (C=O) groups excluding carboxylic acids is 2. The third-order valence-corrected chi connectivity index (χ3v) is 2.76. The Kier molecular flexibility index (Phi) is 5.10. The van der Waals surface area contributed by atoms with Crippen molar-refractivity contribution < 1.29 is 19.5 Å². The van der Waals surface area contributed by atoms with Crippen molar-refractivity contribution in [3.05, 3.63) is 0 Å². The van der Waals surface area contributed by atoms with E-state index in [1.165, 1.54) is 0 Å². The molecular weight excluding hydrogens is 232 g/mol. The second-order valence-electron chi connectivity index (χ2n) is 3.51. The van der Waals surface area contributed by atoms with Gasteiger partial charge in [0.25, 0.3) is 0 Å². The van der Waals surface area contributed by atoms with E-state index >= 15 is 0 Å². The maximum absolute atomic E-state index is 11.2. The van der Waals surface area contributed by atoms with E-state index in [-0.39, 0.29) is 35.9 Å². The summed E-state index contributed by atoms with van der Waals surface area (Å²) in [6.07, 6.45) is 2.02. The topological polar surface area (TPSA) is 95.5 Å². The fourth-order valence-electron chi connectivity index (χ4n) is 0.967. The monoisotopic (exact) mass is 246 g/mol. The van der Waals surface area contributed by atoms with E-state index < -0.39 is 5.97 Å². The van der Waals surface area contributed by atoms with Gasteiger partial charge in [-0.1, -0.05) is 0 Å². The summed E-state index contributed by atoms with van der Waals surface area (Å²) in [6.45, 7) is -0.0387. The third-order valence-electron chi connectivity index (χ3n) is 1.85. The van der Waals surface area contributed by atoms with Crippen LogP contribution in [0.5, 0.6) is 0 Å². The van der Waals surface area contributed by atoms with Gasteiger partial charge in [-0.25, -0.2) is 0 Å². The first-order valence-corrected chi connectivity index (χ1v) is 6.09. The molecule has 1 saturated carbocycles. The predicted molar refractivity (Wildman–Crippen MR) is 59.1 cm³/mol. The van der Waals surface area contributed by atoms with Gasteiger partial charge in [-0.15, -0.1) is 11.8 Å². The SMILES string of the molecule is O=C(O)CSCC(=O)NCC(=O)NC1CC1. The van der Waals surface area contributed by atoms with Crippen LogP contribution in [-0.2, 0) is 14.4 Å². The Morgan fingerprint density at radius 2 is 1.88 bits per heavy atom. The number of amides is 2. The molecule has 2 amide bonds. The molecule has 1 fully saturated rings. The molecular formula is C9H14N2O4S. The average molecular weight is 246 g/mol. The number of hydrogen-bond donors (Lipinski definition) is 3. The molecule has 0 bridgehead atoms. The minimum atomic E-state index is -0.954. The Balaban J connectivity index is 2.00. The van der Waals surface area contributed by atoms with Crippen molar-refractivity contribution in [1.82, 2.24) is 10.6 Å². The Labute approximate surface area is 97.2 Å². The van der Waals surface area contributed by atoms with Gasteiger partial charge >= 0.3 is 5.97 Å². The molecule has 1 aliphatic carbocycles. The predicted octanol–water partition coefficient (Wildman–Crippen LogP) is -0.801. The molecule has 0 aromatic rings. The summed E-state index contributed by atoms with van der Waals surface area (Å²) >= 11 is 1.00. The van der Waals surface area contributed by atoms with E-state index in [2.05, 4.69) is 10.6 Å². The molecule has 0 radical (unpaired) electrons. The van der Waals surface area contributed by atoms with Gasteiger partial charge in [0, 0.05) is 6.04 Å². The first kappa shape index (κ1) is 12.8. The van der Waals surface area contributed by atoms with Crippen LogP contribution in [0.2, 0.25) is 0 Å². The molecule has 0 spiro atoms. The van der Waals surface area contributed by atoms with E-state index in [9.17, 15) is 14.4 Å². The number of aliphatic carboxylic acids is 1. The lowest BCUT2D eigenvalue weighted by atomic mass is 10.5. The Morgan fingerprint density at radius 1 is 1.19 bits per heavy atom. The molecule has 0 heterocycles. The molecule has 0 aliphatic heterocycles. The molecule has 1 aliphatic rings. The van der Waals surface area contributed by atoms with Crippen LogP contribution in [0.15, 0.2) is 0 Å². The fourth-order valence-corrected chi connectivity index (χ4v) is 1.53. The van der Waals surface area contributed by atoms with Gasteiger partial charge < -0.3 is 15.7 Å². The third kappa shape index (κ3) is 6.28. The summed E-state index contributed by atoms with van der Waals surface area (Å²) < 4.78 is 0. The van der Waals surface area contributed by atoms with E-state index in [4.69, 9.17) is 5.11 Å².